The van der Waals surface area contributed by atoms with E-state index in [1.165, 1.54) is 5.56 Å². The molecule has 6 nitrogen and oxygen atoms in total. The minimum absolute atomic E-state index is 0.150. The minimum atomic E-state index is -0.169. The van der Waals surface area contributed by atoms with Crippen molar-refractivity contribution in [1.29, 1.82) is 0 Å². The van der Waals surface area contributed by atoms with Gasteiger partial charge in [-0.1, -0.05) is 54.9 Å². The van der Waals surface area contributed by atoms with Crippen LogP contribution in [0.25, 0.3) is 16.9 Å². The zero-order valence-electron chi connectivity index (χ0n) is 17.5. The Morgan fingerprint density at radius 2 is 1.97 bits per heavy atom. The van der Waals surface area contributed by atoms with Gasteiger partial charge in [0, 0.05) is 36.1 Å². The third-order valence-electron chi connectivity index (χ3n) is 6.15. The van der Waals surface area contributed by atoms with E-state index in [0.717, 1.165) is 30.8 Å². The summed E-state index contributed by atoms with van der Waals surface area (Å²) >= 11 is 6.22. The highest BCUT2D eigenvalue weighted by molar-refractivity contribution is 6.30. The van der Waals surface area contributed by atoms with Gasteiger partial charge in [0.2, 0.25) is 0 Å². The average molecular weight is 434 g/mol. The number of fused-ring (bicyclic) bond motifs is 1. The molecule has 7 heteroatoms. The van der Waals surface area contributed by atoms with Gasteiger partial charge in [-0.25, -0.2) is 9.50 Å². The number of aromatic nitrogens is 4. The Balaban J connectivity index is 1.51. The Bertz CT molecular complexity index is 1300. The lowest BCUT2D eigenvalue weighted by Gasteiger charge is -2.16. The van der Waals surface area contributed by atoms with Gasteiger partial charge >= 0.3 is 0 Å². The quantitative estimate of drug-likeness (QED) is 0.521. The number of hydrogen-bond donors (Lipinski definition) is 1. The van der Waals surface area contributed by atoms with Crippen molar-refractivity contribution in [3.8, 4) is 11.4 Å². The van der Waals surface area contributed by atoms with Gasteiger partial charge in [-0.2, -0.15) is 5.10 Å². The van der Waals surface area contributed by atoms with Crippen molar-refractivity contribution in [3.63, 3.8) is 0 Å². The summed E-state index contributed by atoms with van der Waals surface area (Å²) in [4.78, 5) is 22.8. The van der Waals surface area contributed by atoms with Crippen LogP contribution in [0.1, 0.15) is 29.8 Å². The van der Waals surface area contributed by atoms with Crippen LogP contribution >= 0.6 is 11.6 Å². The molecule has 158 valence electrons. The van der Waals surface area contributed by atoms with Crippen LogP contribution in [0, 0.1) is 12.8 Å². The van der Waals surface area contributed by atoms with Crippen LogP contribution in [0.4, 0.5) is 0 Å². The molecule has 2 atom stereocenters. The van der Waals surface area contributed by atoms with Crippen LogP contribution in [0.2, 0.25) is 5.02 Å². The maximum atomic E-state index is 12.8. The van der Waals surface area contributed by atoms with Crippen LogP contribution in [-0.2, 0) is 6.54 Å². The van der Waals surface area contributed by atoms with Crippen molar-refractivity contribution in [2.24, 2.45) is 5.92 Å². The molecule has 1 aliphatic heterocycles. The van der Waals surface area contributed by atoms with Crippen LogP contribution in [0.5, 0.6) is 0 Å². The van der Waals surface area contributed by atoms with Crippen LogP contribution < -0.4 is 5.56 Å². The monoisotopic (exact) mass is 433 g/mol. The van der Waals surface area contributed by atoms with E-state index in [1.807, 2.05) is 31.2 Å². The number of halogens is 1. The van der Waals surface area contributed by atoms with E-state index in [9.17, 15) is 4.79 Å². The van der Waals surface area contributed by atoms with Crippen molar-refractivity contribution in [3.05, 3.63) is 87.1 Å². The molecule has 1 saturated heterocycles. The normalized spacial score (nSPS) is 19.3. The van der Waals surface area contributed by atoms with E-state index >= 15 is 0 Å². The van der Waals surface area contributed by atoms with Gasteiger partial charge in [-0.05, 0) is 36.1 Å². The molecule has 0 saturated carbocycles. The van der Waals surface area contributed by atoms with E-state index in [4.69, 9.17) is 16.7 Å². The summed E-state index contributed by atoms with van der Waals surface area (Å²) in [5.41, 5.74) is 3.47. The molecule has 0 spiro atoms. The molecular weight excluding hydrogens is 410 g/mol. The Hall–Kier alpha value is -2.96. The molecule has 31 heavy (non-hydrogen) atoms. The predicted molar refractivity (Wildman–Crippen MR) is 122 cm³/mol. The summed E-state index contributed by atoms with van der Waals surface area (Å²) in [6, 6.07) is 16.1. The summed E-state index contributed by atoms with van der Waals surface area (Å²) in [6.45, 7) is 6.93. The second-order valence-electron chi connectivity index (χ2n) is 8.44. The number of benzene rings is 2. The van der Waals surface area contributed by atoms with Gasteiger partial charge in [-0.15, -0.1) is 0 Å². The second kappa shape index (κ2) is 7.94. The van der Waals surface area contributed by atoms with Crippen molar-refractivity contribution >= 4 is 17.1 Å². The average Bonchev–Trinajstić information content (AvgIpc) is 3.34. The fourth-order valence-corrected chi connectivity index (χ4v) is 4.67. The molecule has 1 aliphatic rings. The first-order valence-electron chi connectivity index (χ1n) is 10.5. The number of likely N-dealkylation sites (tertiary alicyclic amines) is 1. The first-order chi connectivity index (χ1) is 15.0. The van der Waals surface area contributed by atoms with Gasteiger partial charge in [0.05, 0.1) is 6.20 Å². The van der Waals surface area contributed by atoms with Gasteiger partial charge < -0.3 is 4.98 Å². The number of rotatable bonds is 4. The summed E-state index contributed by atoms with van der Waals surface area (Å²) in [5, 5.41) is 5.47. The lowest BCUT2D eigenvalue weighted by molar-refractivity contribution is 0.318. The summed E-state index contributed by atoms with van der Waals surface area (Å²) < 4.78 is 1.67. The highest BCUT2D eigenvalue weighted by atomic mass is 35.5. The van der Waals surface area contributed by atoms with Crippen molar-refractivity contribution in [2.45, 2.75) is 26.3 Å². The molecule has 1 N–H and O–H groups in total. The Morgan fingerprint density at radius 3 is 2.77 bits per heavy atom. The lowest BCUT2D eigenvalue weighted by Crippen LogP contribution is -2.23. The molecule has 0 bridgehead atoms. The van der Waals surface area contributed by atoms with Crippen LogP contribution in [0.3, 0.4) is 0 Å². The van der Waals surface area contributed by atoms with E-state index in [0.29, 0.717) is 28.1 Å². The standard InChI is InChI=1S/C24H24ClN5O/c1-15-8-9-18(25)10-19(15)23-26-11-21-24(31)27-22(28-30(21)23)20-14-29(12-16(20)2)13-17-6-4-3-5-7-17/h3-11,16,20H,12-14H2,1-2H3,(H,27,28,31). The smallest absolute Gasteiger partial charge is 0.276 e. The molecule has 2 unspecified atom stereocenters. The number of imidazole rings is 1. The largest absolute Gasteiger partial charge is 0.307 e. The van der Waals surface area contributed by atoms with Crippen LogP contribution in [0.15, 0.2) is 59.5 Å². The van der Waals surface area contributed by atoms with E-state index < -0.39 is 0 Å². The molecule has 0 aliphatic carbocycles. The van der Waals surface area contributed by atoms with Crippen molar-refractivity contribution < 1.29 is 0 Å². The second-order valence-corrected chi connectivity index (χ2v) is 8.88. The summed E-state index contributed by atoms with van der Waals surface area (Å²) in [5.74, 6) is 1.87. The van der Waals surface area contributed by atoms with Gasteiger partial charge in [0.1, 0.15) is 5.82 Å². The molecule has 3 heterocycles. The van der Waals surface area contributed by atoms with E-state index in [-0.39, 0.29) is 11.5 Å². The molecule has 1 fully saturated rings. The predicted octanol–water partition coefficient (Wildman–Crippen LogP) is 4.28. The molecular formula is C24H24ClN5O. The molecule has 2 aromatic heterocycles. The Labute approximate surface area is 185 Å². The van der Waals surface area contributed by atoms with Crippen molar-refractivity contribution in [2.75, 3.05) is 13.1 Å². The number of H-pyrrole nitrogens is 1. The van der Waals surface area contributed by atoms with Gasteiger partial charge in [-0.3, -0.25) is 9.69 Å². The number of nitrogens with one attached hydrogen (secondary N) is 1. The number of aryl methyl sites for hydroxylation is 1. The third kappa shape index (κ3) is 3.77. The zero-order valence-corrected chi connectivity index (χ0v) is 18.3. The summed E-state index contributed by atoms with van der Waals surface area (Å²) in [6.07, 6.45) is 1.57. The first-order valence-corrected chi connectivity index (χ1v) is 10.9. The Morgan fingerprint density at radius 1 is 1.16 bits per heavy atom. The minimum Gasteiger partial charge on any atom is -0.307 e. The molecule has 2 aromatic carbocycles. The molecule has 4 aromatic rings. The summed E-state index contributed by atoms with van der Waals surface area (Å²) in [7, 11) is 0. The van der Waals surface area contributed by atoms with Gasteiger partial charge in [0.25, 0.3) is 5.56 Å². The Kier molecular flexibility index (Phi) is 5.12. The number of hydrogen-bond acceptors (Lipinski definition) is 4. The number of aromatic amines is 1. The van der Waals surface area contributed by atoms with Crippen molar-refractivity contribution in [1.82, 2.24) is 24.5 Å². The first kappa shape index (κ1) is 20.0. The SMILES string of the molecule is Cc1ccc(Cl)cc1-c1ncc2c(=O)[nH]c(C3CN(Cc4ccccc4)CC3C)nn12. The highest BCUT2D eigenvalue weighted by Crippen LogP contribution is 2.31. The lowest BCUT2D eigenvalue weighted by atomic mass is 9.97. The molecule has 5 rings (SSSR count). The van der Waals surface area contributed by atoms with Gasteiger partial charge in [0.15, 0.2) is 11.3 Å². The third-order valence-corrected chi connectivity index (χ3v) is 6.38. The maximum Gasteiger partial charge on any atom is 0.276 e. The van der Waals surface area contributed by atoms with Crippen LogP contribution in [-0.4, -0.2) is 37.6 Å². The number of nitrogens with zero attached hydrogens (tertiary/aromatic N) is 4. The van der Waals surface area contributed by atoms with E-state index in [2.05, 4.69) is 46.1 Å². The molecule has 0 amide bonds. The fraction of sp³-hybridized carbons (Fsp3) is 0.292. The maximum absolute atomic E-state index is 12.8. The van der Waals surface area contributed by atoms with E-state index in [1.54, 1.807) is 10.7 Å². The highest BCUT2D eigenvalue weighted by Gasteiger charge is 2.33. The fourth-order valence-electron chi connectivity index (χ4n) is 4.49. The topological polar surface area (TPSA) is 66.3 Å². The molecule has 0 radical (unpaired) electrons. The zero-order chi connectivity index (χ0) is 21.5.